The Labute approximate surface area is 146 Å². The van der Waals surface area contributed by atoms with Gasteiger partial charge in [-0.15, -0.1) is 0 Å². The quantitative estimate of drug-likeness (QED) is 0.613. The topological polar surface area (TPSA) is 125 Å². The second kappa shape index (κ2) is 8.36. The third-order valence-corrected chi connectivity index (χ3v) is 3.11. The Hall–Kier alpha value is -2.77. The van der Waals surface area contributed by atoms with Crippen molar-refractivity contribution in [2.24, 2.45) is 0 Å². The highest BCUT2D eigenvalue weighted by Gasteiger charge is 2.26. The molecular formula is C17H24N2O6. The number of carboxylic acid groups (broad SMARTS) is 1. The van der Waals surface area contributed by atoms with Gasteiger partial charge in [0.15, 0.2) is 0 Å². The van der Waals surface area contributed by atoms with Crippen LogP contribution < -0.4 is 10.6 Å². The van der Waals surface area contributed by atoms with Gasteiger partial charge in [-0.3, -0.25) is 9.59 Å². The summed E-state index contributed by atoms with van der Waals surface area (Å²) >= 11 is 0. The van der Waals surface area contributed by atoms with Crippen LogP contribution in [0.3, 0.4) is 0 Å². The number of benzene rings is 1. The lowest BCUT2D eigenvalue weighted by molar-refractivity contribution is -0.141. The molecule has 0 saturated heterocycles. The Kier molecular flexibility index (Phi) is 6.78. The van der Waals surface area contributed by atoms with Crippen LogP contribution in [-0.2, 0) is 20.7 Å². The molecule has 1 aromatic rings. The first kappa shape index (κ1) is 20.3. The highest BCUT2D eigenvalue weighted by Crippen LogP contribution is 2.12. The average Bonchev–Trinajstić information content (AvgIpc) is 2.46. The summed E-state index contributed by atoms with van der Waals surface area (Å²) in [5.41, 5.74) is -0.0603. The first-order valence-electron chi connectivity index (χ1n) is 7.78. The van der Waals surface area contributed by atoms with Crippen molar-refractivity contribution >= 4 is 18.0 Å². The summed E-state index contributed by atoms with van der Waals surface area (Å²) in [6, 6.07) is 3.99. The van der Waals surface area contributed by atoms with Gasteiger partial charge in [-0.2, -0.15) is 0 Å². The fourth-order valence-electron chi connectivity index (χ4n) is 1.90. The minimum atomic E-state index is -1.19. The highest BCUT2D eigenvalue weighted by molar-refractivity contribution is 5.89. The highest BCUT2D eigenvalue weighted by atomic mass is 16.6. The van der Waals surface area contributed by atoms with Crippen LogP contribution in [0.1, 0.15) is 33.3 Å². The summed E-state index contributed by atoms with van der Waals surface area (Å²) in [6.07, 6.45) is -0.674. The number of phenols is 1. The number of rotatable bonds is 6. The molecule has 2 amide bonds. The van der Waals surface area contributed by atoms with Crippen LogP contribution in [-0.4, -0.2) is 45.9 Å². The lowest BCUT2D eigenvalue weighted by Crippen LogP contribution is -2.52. The van der Waals surface area contributed by atoms with Crippen LogP contribution in [0.2, 0.25) is 0 Å². The number of hydrogen-bond donors (Lipinski definition) is 4. The lowest BCUT2D eigenvalue weighted by atomic mass is 10.0. The Morgan fingerprint density at radius 3 is 2.16 bits per heavy atom. The SMILES string of the molecule is CC(NC(=O)C(Cc1ccc(O)cc1)NC(=O)OC(C)(C)C)C(=O)O. The summed E-state index contributed by atoms with van der Waals surface area (Å²) in [5, 5.41) is 23.0. The van der Waals surface area contributed by atoms with Crippen molar-refractivity contribution < 1.29 is 29.3 Å². The number of phenolic OH excluding ortho intramolecular Hbond substituents is 1. The van der Waals surface area contributed by atoms with Gasteiger partial charge in [-0.1, -0.05) is 12.1 Å². The Balaban J connectivity index is 2.88. The number of amides is 2. The first-order valence-corrected chi connectivity index (χ1v) is 7.78. The third-order valence-electron chi connectivity index (χ3n) is 3.11. The molecule has 2 atom stereocenters. The zero-order valence-corrected chi connectivity index (χ0v) is 14.7. The molecule has 25 heavy (non-hydrogen) atoms. The van der Waals surface area contributed by atoms with Crippen molar-refractivity contribution in [3.05, 3.63) is 29.8 Å². The van der Waals surface area contributed by atoms with E-state index in [-0.39, 0.29) is 12.2 Å². The van der Waals surface area contributed by atoms with E-state index in [0.29, 0.717) is 5.56 Å². The van der Waals surface area contributed by atoms with Crippen LogP contribution in [0.5, 0.6) is 5.75 Å². The minimum Gasteiger partial charge on any atom is -0.508 e. The molecule has 1 aromatic carbocycles. The van der Waals surface area contributed by atoms with E-state index >= 15 is 0 Å². The lowest BCUT2D eigenvalue weighted by Gasteiger charge is -2.24. The molecule has 0 fully saturated rings. The summed E-state index contributed by atoms with van der Waals surface area (Å²) in [5.74, 6) is -1.76. The van der Waals surface area contributed by atoms with Gasteiger partial charge in [0.1, 0.15) is 23.4 Å². The van der Waals surface area contributed by atoms with E-state index in [2.05, 4.69) is 10.6 Å². The molecule has 0 bridgehead atoms. The van der Waals surface area contributed by atoms with Crippen molar-refractivity contribution in [1.29, 1.82) is 0 Å². The zero-order chi connectivity index (χ0) is 19.2. The van der Waals surface area contributed by atoms with E-state index in [9.17, 15) is 19.5 Å². The van der Waals surface area contributed by atoms with Crippen LogP contribution >= 0.6 is 0 Å². The fourth-order valence-corrected chi connectivity index (χ4v) is 1.90. The van der Waals surface area contributed by atoms with E-state index in [1.54, 1.807) is 32.9 Å². The molecule has 138 valence electrons. The summed E-state index contributed by atoms with van der Waals surface area (Å²) < 4.78 is 5.14. The monoisotopic (exact) mass is 352 g/mol. The van der Waals surface area contributed by atoms with Crippen LogP contribution in [0.15, 0.2) is 24.3 Å². The van der Waals surface area contributed by atoms with Crippen LogP contribution in [0.25, 0.3) is 0 Å². The predicted octanol–water partition coefficient (Wildman–Crippen LogP) is 1.42. The van der Waals surface area contributed by atoms with E-state index in [0.717, 1.165) is 0 Å². The third kappa shape index (κ3) is 7.56. The van der Waals surface area contributed by atoms with Crippen molar-refractivity contribution in [2.45, 2.75) is 51.8 Å². The number of carbonyl (C=O) groups is 3. The molecule has 1 rings (SSSR count). The standard InChI is InChI=1S/C17H24N2O6/c1-10(15(22)23)18-14(21)13(19-16(24)25-17(2,3)4)9-11-5-7-12(20)8-6-11/h5-8,10,13,20H,9H2,1-4H3,(H,18,21)(H,19,24)(H,22,23). The molecular weight excluding hydrogens is 328 g/mol. The van der Waals surface area contributed by atoms with Crippen molar-refractivity contribution in [1.82, 2.24) is 10.6 Å². The average molecular weight is 352 g/mol. The largest absolute Gasteiger partial charge is 0.508 e. The predicted molar refractivity (Wildman–Crippen MR) is 90.2 cm³/mol. The molecule has 0 aliphatic heterocycles. The maximum absolute atomic E-state index is 12.3. The van der Waals surface area contributed by atoms with Crippen molar-refractivity contribution in [3.8, 4) is 5.75 Å². The Morgan fingerprint density at radius 2 is 1.68 bits per heavy atom. The van der Waals surface area contributed by atoms with E-state index in [4.69, 9.17) is 9.84 Å². The fraction of sp³-hybridized carbons (Fsp3) is 0.471. The van der Waals surface area contributed by atoms with Crippen molar-refractivity contribution in [3.63, 3.8) is 0 Å². The Morgan fingerprint density at radius 1 is 1.12 bits per heavy atom. The molecule has 2 unspecified atom stereocenters. The number of ether oxygens (including phenoxy) is 1. The van der Waals surface area contributed by atoms with Gasteiger partial charge in [0.25, 0.3) is 0 Å². The molecule has 8 heteroatoms. The first-order chi connectivity index (χ1) is 11.5. The molecule has 4 N–H and O–H groups in total. The normalized spacial score (nSPS) is 13.4. The molecule has 0 spiro atoms. The van der Waals surface area contributed by atoms with E-state index in [1.807, 2.05) is 0 Å². The Bertz CT molecular complexity index is 621. The number of alkyl carbamates (subject to hydrolysis) is 1. The molecule has 0 aliphatic carbocycles. The van der Waals surface area contributed by atoms with Crippen molar-refractivity contribution in [2.75, 3.05) is 0 Å². The molecule has 0 radical (unpaired) electrons. The number of carbonyl (C=O) groups excluding carboxylic acids is 2. The second-order valence-corrected chi connectivity index (χ2v) is 6.64. The van der Waals surface area contributed by atoms with Crippen LogP contribution in [0, 0.1) is 0 Å². The summed E-state index contributed by atoms with van der Waals surface area (Å²) in [6.45, 7) is 6.39. The molecule has 0 aromatic heterocycles. The summed E-state index contributed by atoms with van der Waals surface area (Å²) in [4.78, 5) is 35.2. The van der Waals surface area contributed by atoms with Gasteiger partial charge in [0.2, 0.25) is 5.91 Å². The number of hydrogen-bond acceptors (Lipinski definition) is 5. The maximum Gasteiger partial charge on any atom is 0.408 e. The van der Waals surface area contributed by atoms with Gasteiger partial charge in [-0.25, -0.2) is 4.79 Å². The van der Waals surface area contributed by atoms with Gasteiger partial charge in [0.05, 0.1) is 0 Å². The zero-order valence-electron chi connectivity index (χ0n) is 14.7. The second-order valence-electron chi connectivity index (χ2n) is 6.64. The summed E-state index contributed by atoms with van der Waals surface area (Å²) in [7, 11) is 0. The smallest absolute Gasteiger partial charge is 0.408 e. The van der Waals surface area contributed by atoms with Crippen LogP contribution in [0.4, 0.5) is 4.79 Å². The number of aliphatic carboxylic acids is 1. The van der Waals surface area contributed by atoms with Gasteiger partial charge in [0, 0.05) is 6.42 Å². The minimum absolute atomic E-state index is 0.0735. The number of carboxylic acids is 1. The molecule has 0 aliphatic rings. The maximum atomic E-state index is 12.3. The molecule has 0 heterocycles. The van der Waals surface area contributed by atoms with Gasteiger partial charge < -0.3 is 25.6 Å². The van der Waals surface area contributed by atoms with E-state index < -0.39 is 35.7 Å². The molecule has 0 saturated carbocycles. The van der Waals surface area contributed by atoms with E-state index in [1.165, 1.54) is 19.1 Å². The van der Waals surface area contributed by atoms with Gasteiger partial charge in [-0.05, 0) is 45.4 Å². The molecule has 8 nitrogen and oxygen atoms in total. The van der Waals surface area contributed by atoms with Gasteiger partial charge >= 0.3 is 12.1 Å². The number of aromatic hydroxyl groups is 1. The number of nitrogens with one attached hydrogen (secondary N) is 2.